The number of rotatable bonds is 8. The lowest BCUT2D eigenvalue weighted by Crippen LogP contribution is -2.17. The minimum Gasteiger partial charge on any atom is -0.388 e. The molecule has 0 aromatic carbocycles. The summed E-state index contributed by atoms with van der Waals surface area (Å²) in [6, 6.07) is 3.76. The minimum atomic E-state index is 0.306. The van der Waals surface area contributed by atoms with Crippen molar-refractivity contribution in [3.8, 4) is 0 Å². The van der Waals surface area contributed by atoms with Crippen LogP contribution >= 0.6 is 12.2 Å². The smallest absolute Gasteiger partial charge is 0.124 e. The fraction of sp³-hybridized carbons (Fsp3) is 0.500. The Hall–Kier alpha value is -1.20. The van der Waals surface area contributed by atoms with Crippen LogP contribution in [-0.4, -0.2) is 29.7 Å². The molecule has 0 saturated heterocycles. The largest absolute Gasteiger partial charge is 0.388 e. The molecule has 1 aromatic heterocycles. The van der Waals surface area contributed by atoms with E-state index in [1.54, 1.807) is 6.20 Å². The second kappa shape index (κ2) is 7.97. The number of hydrogen-bond donors (Lipinski definition) is 2. The number of nitrogens with two attached hydrogens (primary N) is 1. The molecule has 5 heteroatoms. The van der Waals surface area contributed by atoms with E-state index in [1.165, 1.54) is 0 Å². The second-order valence-corrected chi connectivity index (χ2v) is 4.10. The molecule has 0 bridgehead atoms. The second-order valence-electron chi connectivity index (χ2n) is 3.66. The number of hydrogen-bond acceptors (Lipinski definition) is 4. The van der Waals surface area contributed by atoms with Crippen molar-refractivity contribution in [2.24, 2.45) is 5.73 Å². The van der Waals surface area contributed by atoms with Gasteiger partial charge in [0.25, 0.3) is 0 Å². The van der Waals surface area contributed by atoms with Crippen molar-refractivity contribution in [2.45, 2.75) is 19.8 Å². The Morgan fingerprint density at radius 1 is 1.53 bits per heavy atom. The van der Waals surface area contributed by atoms with Gasteiger partial charge in [-0.1, -0.05) is 25.6 Å². The first-order valence-corrected chi connectivity index (χ1v) is 6.23. The number of nitrogens with zero attached hydrogens (tertiary/aromatic N) is 1. The van der Waals surface area contributed by atoms with Crippen LogP contribution in [0.15, 0.2) is 18.3 Å². The summed E-state index contributed by atoms with van der Waals surface area (Å²) in [5.74, 6) is 0. The van der Waals surface area contributed by atoms with Crippen LogP contribution in [0, 0.1) is 0 Å². The highest BCUT2D eigenvalue weighted by Crippen LogP contribution is 2.11. The standard InChI is InChI=1S/C12H19N3OS/c1-2-3-8-16-9-7-14-10-5-4-6-15-11(10)12(13)17/h4-6,14H,2-3,7-9H2,1H3,(H2,13,17). The lowest BCUT2D eigenvalue weighted by molar-refractivity contribution is 0.141. The van der Waals surface area contributed by atoms with Gasteiger partial charge in [0, 0.05) is 19.3 Å². The lowest BCUT2D eigenvalue weighted by atomic mass is 10.3. The first-order valence-electron chi connectivity index (χ1n) is 5.82. The molecular weight excluding hydrogens is 234 g/mol. The Kier molecular flexibility index (Phi) is 6.50. The molecule has 94 valence electrons. The summed E-state index contributed by atoms with van der Waals surface area (Å²) < 4.78 is 5.45. The first kappa shape index (κ1) is 13.9. The number of anilines is 1. The number of aromatic nitrogens is 1. The third-order valence-corrected chi connectivity index (χ3v) is 2.44. The van der Waals surface area contributed by atoms with E-state index in [4.69, 9.17) is 22.7 Å². The SMILES string of the molecule is CCCCOCCNc1cccnc1C(N)=S. The summed E-state index contributed by atoms with van der Waals surface area (Å²) in [6.45, 7) is 4.36. The maximum atomic E-state index is 5.58. The van der Waals surface area contributed by atoms with Gasteiger partial charge in [-0.2, -0.15) is 0 Å². The van der Waals surface area contributed by atoms with Gasteiger partial charge >= 0.3 is 0 Å². The molecule has 0 aliphatic rings. The topological polar surface area (TPSA) is 60.2 Å². The summed E-state index contributed by atoms with van der Waals surface area (Å²) in [4.78, 5) is 4.44. The van der Waals surface area contributed by atoms with Crippen molar-refractivity contribution in [1.82, 2.24) is 4.98 Å². The molecule has 1 rings (SSSR count). The van der Waals surface area contributed by atoms with Gasteiger partial charge in [0.2, 0.25) is 0 Å². The minimum absolute atomic E-state index is 0.306. The Balaban J connectivity index is 2.34. The maximum absolute atomic E-state index is 5.58. The third-order valence-electron chi connectivity index (χ3n) is 2.25. The molecule has 1 heterocycles. The zero-order chi connectivity index (χ0) is 12.5. The lowest BCUT2D eigenvalue weighted by Gasteiger charge is -2.10. The van der Waals surface area contributed by atoms with Crippen LogP contribution in [0.1, 0.15) is 25.5 Å². The van der Waals surface area contributed by atoms with Crippen molar-refractivity contribution in [3.05, 3.63) is 24.0 Å². The fourth-order valence-corrected chi connectivity index (χ4v) is 1.51. The number of unbranched alkanes of at least 4 members (excludes halogenated alkanes) is 1. The Bertz CT molecular complexity index is 357. The maximum Gasteiger partial charge on any atom is 0.124 e. The van der Waals surface area contributed by atoms with Crippen molar-refractivity contribution < 1.29 is 4.74 Å². The highest BCUT2D eigenvalue weighted by atomic mass is 32.1. The zero-order valence-electron chi connectivity index (χ0n) is 10.1. The highest BCUT2D eigenvalue weighted by Gasteiger charge is 2.04. The van der Waals surface area contributed by atoms with Crippen molar-refractivity contribution in [3.63, 3.8) is 0 Å². The number of nitrogens with one attached hydrogen (secondary N) is 1. The van der Waals surface area contributed by atoms with Gasteiger partial charge in [0.15, 0.2) is 0 Å². The van der Waals surface area contributed by atoms with Gasteiger partial charge in [-0.3, -0.25) is 4.98 Å². The van der Waals surface area contributed by atoms with Crippen LogP contribution in [0.3, 0.4) is 0 Å². The van der Waals surface area contributed by atoms with Crippen LogP contribution in [0.5, 0.6) is 0 Å². The van der Waals surface area contributed by atoms with E-state index in [9.17, 15) is 0 Å². The number of thiocarbonyl (C=S) groups is 1. The molecule has 0 radical (unpaired) electrons. The highest BCUT2D eigenvalue weighted by molar-refractivity contribution is 7.80. The predicted molar refractivity (Wildman–Crippen MR) is 74.3 cm³/mol. The average molecular weight is 253 g/mol. The van der Waals surface area contributed by atoms with Crippen molar-refractivity contribution in [1.29, 1.82) is 0 Å². The molecule has 0 amide bonds. The summed E-state index contributed by atoms with van der Waals surface area (Å²) >= 11 is 4.93. The molecule has 0 saturated carbocycles. The fourth-order valence-electron chi connectivity index (χ4n) is 1.35. The molecular formula is C12H19N3OS. The van der Waals surface area contributed by atoms with E-state index in [1.807, 2.05) is 12.1 Å². The van der Waals surface area contributed by atoms with Crippen LogP contribution in [0.4, 0.5) is 5.69 Å². The van der Waals surface area contributed by atoms with E-state index < -0.39 is 0 Å². The van der Waals surface area contributed by atoms with Crippen LogP contribution in [0.25, 0.3) is 0 Å². The van der Waals surface area contributed by atoms with Crippen LogP contribution in [0.2, 0.25) is 0 Å². The molecule has 0 aliphatic heterocycles. The Labute approximate surface area is 108 Å². The molecule has 0 atom stereocenters. The van der Waals surface area contributed by atoms with Gasteiger partial charge in [-0.05, 0) is 18.6 Å². The molecule has 0 fully saturated rings. The van der Waals surface area contributed by atoms with E-state index >= 15 is 0 Å². The van der Waals surface area contributed by atoms with Gasteiger partial charge in [-0.15, -0.1) is 0 Å². The molecule has 4 nitrogen and oxygen atoms in total. The van der Waals surface area contributed by atoms with Gasteiger partial charge in [-0.25, -0.2) is 0 Å². The quantitative estimate of drug-likeness (QED) is 0.548. The summed E-state index contributed by atoms with van der Waals surface area (Å²) in [5, 5.41) is 3.22. The van der Waals surface area contributed by atoms with E-state index in [-0.39, 0.29) is 0 Å². The monoisotopic (exact) mass is 253 g/mol. The first-order chi connectivity index (χ1) is 8.25. The third kappa shape index (κ3) is 5.10. The Morgan fingerprint density at radius 3 is 3.06 bits per heavy atom. The average Bonchev–Trinajstić information content (AvgIpc) is 2.34. The predicted octanol–water partition coefficient (Wildman–Crippen LogP) is 1.94. The van der Waals surface area contributed by atoms with Gasteiger partial charge < -0.3 is 15.8 Å². The zero-order valence-corrected chi connectivity index (χ0v) is 10.9. The Morgan fingerprint density at radius 2 is 2.35 bits per heavy atom. The molecule has 0 unspecified atom stereocenters. The molecule has 0 aliphatic carbocycles. The van der Waals surface area contributed by atoms with E-state index in [0.717, 1.165) is 31.7 Å². The van der Waals surface area contributed by atoms with Crippen LogP contribution in [-0.2, 0) is 4.74 Å². The number of ether oxygens (including phenoxy) is 1. The van der Waals surface area contributed by atoms with Crippen molar-refractivity contribution >= 4 is 22.9 Å². The summed E-state index contributed by atoms with van der Waals surface area (Å²) in [6.07, 6.45) is 3.93. The van der Waals surface area contributed by atoms with Gasteiger partial charge in [0.05, 0.1) is 12.3 Å². The number of pyridine rings is 1. The molecule has 1 aromatic rings. The normalized spacial score (nSPS) is 10.2. The van der Waals surface area contributed by atoms with Gasteiger partial charge in [0.1, 0.15) is 10.7 Å². The summed E-state index contributed by atoms with van der Waals surface area (Å²) in [7, 11) is 0. The van der Waals surface area contributed by atoms with E-state index in [2.05, 4.69) is 17.2 Å². The van der Waals surface area contributed by atoms with Crippen molar-refractivity contribution in [2.75, 3.05) is 25.1 Å². The molecule has 3 N–H and O–H groups in total. The molecule has 17 heavy (non-hydrogen) atoms. The van der Waals surface area contributed by atoms with Crippen LogP contribution < -0.4 is 11.1 Å². The summed E-state index contributed by atoms with van der Waals surface area (Å²) in [5.41, 5.74) is 7.08. The van der Waals surface area contributed by atoms with E-state index in [0.29, 0.717) is 17.3 Å². The molecule has 0 spiro atoms.